The number of hydrogen-bond acceptors (Lipinski definition) is 5. The smallest absolute Gasteiger partial charge is 0.421 e. The quantitative estimate of drug-likeness (QED) is 0.285. The number of halogens is 3. The SMILES string of the molecule is CCCCCc1ccc(Nc2ncc(C(F)(F)F)c(Nc3cccc(OC4CCCC4)c3)n2)cc1. The lowest BCUT2D eigenvalue weighted by Gasteiger charge is -2.17. The maximum absolute atomic E-state index is 13.7. The van der Waals surface area contributed by atoms with Crippen molar-refractivity contribution < 1.29 is 17.9 Å². The number of aryl methyl sites for hydroxylation is 1. The van der Waals surface area contributed by atoms with E-state index in [1.54, 1.807) is 18.2 Å². The fraction of sp³-hybridized carbons (Fsp3) is 0.407. The fourth-order valence-electron chi connectivity index (χ4n) is 4.19. The molecule has 1 aliphatic carbocycles. The molecule has 2 N–H and O–H groups in total. The molecule has 0 amide bonds. The monoisotopic (exact) mass is 484 g/mol. The first kappa shape index (κ1) is 24.8. The highest BCUT2D eigenvalue weighted by Gasteiger charge is 2.35. The first-order valence-electron chi connectivity index (χ1n) is 12.2. The molecule has 8 heteroatoms. The minimum atomic E-state index is -4.60. The van der Waals surface area contributed by atoms with E-state index in [0.717, 1.165) is 44.7 Å². The van der Waals surface area contributed by atoms with E-state index in [2.05, 4.69) is 27.5 Å². The van der Waals surface area contributed by atoms with Gasteiger partial charge in [-0.3, -0.25) is 0 Å². The van der Waals surface area contributed by atoms with Crippen LogP contribution in [0, 0.1) is 0 Å². The molecular formula is C27H31F3N4O. The molecule has 1 aliphatic rings. The van der Waals surface area contributed by atoms with Crippen molar-refractivity contribution in [3.8, 4) is 5.75 Å². The Morgan fingerprint density at radius 2 is 1.74 bits per heavy atom. The zero-order valence-corrected chi connectivity index (χ0v) is 19.9. The summed E-state index contributed by atoms with van der Waals surface area (Å²) in [7, 11) is 0. The van der Waals surface area contributed by atoms with Crippen molar-refractivity contribution in [2.75, 3.05) is 10.6 Å². The zero-order chi connectivity index (χ0) is 24.7. The maximum atomic E-state index is 13.7. The molecule has 2 aromatic carbocycles. The summed E-state index contributed by atoms with van der Waals surface area (Å²) in [4.78, 5) is 8.06. The fourth-order valence-corrected chi connectivity index (χ4v) is 4.19. The Morgan fingerprint density at radius 3 is 2.46 bits per heavy atom. The van der Waals surface area contributed by atoms with Gasteiger partial charge < -0.3 is 15.4 Å². The first-order chi connectivity index (χ1) is 16.9. The van der Waals surface area contributed by atoms with E-state index >= 15 is 0 Å². The molecule has 1 heterocycles. The third-order valence-electron chi connectivity index (χ3n) is 6.07. The normalized spacial score (nSPS) is 14.2. The van der Waals surface area contributed by atoms with Gasteiger partial charge in [0.05, 0.1) is 6.10 Å². The lowest BCUT2D eigenvalue weighted by Crippen LogP contribution is -2.13. The average molecular weight is 485 g/mol. The van der Waals surface area contributed by atoms with Crippen LogP contribution in [-0.4, -0.2) is 16.1 Å². The van der Waals surface area contributed by atoms with Crippen molar-refractivity contribution in [1.82, 2.24) is 9.97 Å². The number of rotatable bonds is 10. The van der Waals surface area contributed by atoms with Gasteiger partial charge >= 0.3 is 6.18 Å². The molecule has 1 fully saturated rings. The number of alkyl halides is 3. The van der Waals surface area contributed by atoms with Crippen LogP contribution in [0.25, 0.3) is 0 Å². The van der Waals surface area contributed by atoms with E-state index in [4.69, 9.17) is 4.74 Å². The van der Waals surface area contributed by atoms with Crippen molar-refractivity contribution in [3.63, 3.8) is 0 Å². The number of hydrogen-bond donors (Lipinski definition) is 2. The van der Waals surface area contributed by atoms with E-state index in [1.807, 2.05) is 30.3 Å². The number of nitrogens with zero attached hydrogens (tertiary/aromatic N) is 2. The molecule has 1 saturated carbocycles. The van der Waals surface area contributed by atoms with Crippen LogP contribution >= 0.6 is 0 Å². The molecule has 1 aromatic heterocycles. The molecule has 0 unspecified atom stereocenters. The Morgan fingerprint density at radius 1 is 0.971 bits per heavy atom. The van der Waals surface area contributed by atoms with E-state index in [0.29, 0.717) is 17.1 Å². The molecule has 0 atom stereocenters. The highest BCUT2D eigenvalue weighted by molar-refractivity contribution is 5.64. The van der Waals surface area contributed by atoms with E-state index in [9.17, 15) is 13.2 Å². The van der Waals surface area contributed by atoms with Crippen LogP contribution in [0.2, 0.25) is 0 Å². The topological polar surface area (TPSA) is 59.1 Å². The predicted molar refractivity (Wildman–Crippen MR) is 133 cm³/mol. The summed E-state index contributed by atoms with van der Waals surface area (Å²) in [5.41, 5.74) is 1.46. The summed E-state index contributed by atoms with van der Waals surface area (Å²) in [6.45, 7) is 2.17. The largest absolute Gasteiger partial charge is 0.490 e. The van der Waals surface area contributed by atoms with Crippen molar-refractivity contribution in [2.45, 2.75) is 70.6 Å². The van der Waals surface area contributed by atoms with E-state index in [-0.39, 0.29) is 17.9 Å². The molecule has 0 spiro atoms. The number of aromatic nitrogens is 2. The van der Waals surface area contributed by atoms with Gasteiger partial charge in [0, 0.05) is 23.6 Å². The second kappa shape index (κ2) is 11.4. The summed E-state index contributed by atoms with van der Waals surface area (Å²) in [5.74, 6) is 0.392. The number of nitrogens with one attached hydrogen (secondary N) is 2. The van der Waals surface area contributed by atoms with Gasteiger partial charge in [0.2, 0.25) is 5.95 Å². The van der Waals surface area contributed by atoms with Gasteiger partial charge in [0.15, 0.2) is 0 Å². The Balaban J connectivity index is 1.50. The molecule has 0 bridgehead atoms. The minimum absolute atomic E-state index is 0.0811. The van der Waals surface area contributed by atoms with E-state index in [1.165, 1.54) is 18.4 Å². The predicted octanol–water partition coefficient (Wildman–Crippen LogP) is 8.04. The van der Waals surface area contributed by atoms with Gasteiger partial charge in [-0.05, 0) is 68.4 Å². The van der Waals surface area contributed by atoms with E-state index < -0.39 is 11.7 Å². The van der Waals surface area contributed by atoms with Crippen LogP contribution in [0.15, 0.2) is 54.7 Å². The third-order valence-corrected chi connectivity index (χ3v) is 6.07. The van der Waals surface area contributed by atoms with Crippen LogP contribution in [0.3, 0.4) is 0 Å². The Kier molecular flexibility index (Phi) is 8.10. The summed E-state index contributed by atoms with van der Waals surface area (Å²) >= 11 is 0. The van der Waals surface area contributed by atoms with Crippen molar-refractivity contribution in [2.24, 2.45) is 0 Å². The minimum Gasteiger partial charge on any atom is -0.490 e. The number of anilines is 4. The van der Waals surface area contributed by atoms with Crippen LogP contribution in [0.4, 0.5) is 36.3 Å². The lowest BCUT2D eigenvalue weighted by atomic mass is 10.1. The van der Waals surface area contributed by atoms with Crippen LogP contribution < -0.4 is 15.4 Å². The first-order valence-corrected chi connectivity index (χ1v) is 12.2. The molecule has 186 valence electrons. The Hall–Kier alpha value is -3.29. The van der Waals surface area contributed by atoms with Crippen LogP contribution in [0.1, 0.15) is 63.0 Å². The number of benzene rings is 2. The second-order valence-corrected chi connectivity index (χ2v) is 8.91. The molecule has 3 aromatic rings. The van der Waals surface area contributed by atoms with Gasteiger partial charge in [-0.1, -0.05) is 38.0 Å². The Bertz CT molecular complexity index is 1100. The third kappa shape index (κ3) is 7.10. The van der Waals surface area contributed by atoms with Gasteiger partial charge in [-0.25, -0.2) is 4.98 Å². The molecular weight excluding hydrogens is 453 g/mol. The summed E-state index contributed by atoms with van der Waals surface area (Å²) in [6, 6.07) is 14.8. The number of unbranched alkanes of at least 4 members (excludes halogenated alkanes) is 2. The van der Waals surface area contributed by atoms with Crippen molar-refractivity contribution >= 4 is 23.1 Å². The van der Waals surface area contributed by atoms with Crippen molar-refractivity contribution in [3.05, 3.63) is 65.9 Å². The van der Waals surface area contributed by atoms with Crippen LogP contribution in [0.5, 0.6) is 5.75 Å². The van der Waals surface area contributed by atoms with Crippen molar-refractivity contribution in [1.29, 1.82) is 0 Å². The van der Waals surface area contributed by atoms with Gasteiger partial charge in [-0.2, -0.15) is 18.2 Å². The highest BCUT2D eigenvalue weighted by Crippen LogP contribution is 2.36. The molecule has 0 aliphatic heterocycles. The van der Waals surface area contributed by atoms with Gasteiger partial charge in [0.25, 0.3) is 0 Å². The molecule has 5 nitrogen and oxygen atoms in total. The summed E-state index contributed by atoms with van der Waals surface area (Å²) < 4.78 is 47.0. The van der Waals surface area contributed by atoms with Gasteiger partial charge in [-0.15, -0.1) is 0 Å². The Labute approximate surface area is 204 Å². The summed E-state index contributed by atoms with van der Waals surface area (Å²) in [5, 5.41) is 5.83. The maximum Gasteiger partial charge on any atom is 0.421 e. The highest BCUT2D eigenvalue weighted by atomic mass is 19.4. The molecule has 35 heavy (non-hydrogen) atoms. The second-order valence-electron chi connectivity index (χ2n) is 8.91. The molecule has 4 rings (SSSR count). The summed E-state index contributed by atoms with van der Waals surface area (Å²) in [6.07, 6.45) is 5.11. The lowest BCUT2D eigenvalue weighted by molar-refractivity contribution is -0.137. The molecule has 0 saturated heterocycles. The van der Waals surface area contributed by atoms with Gasteiger partial charge in [0.1, 0.15) is 17.1 Å². The number of ether oxygens (including phenoxy) is 1. The standard InChI is InChI=1S/C27H31F3N4O/c1-2-3-4-8-19-13-15-20(16-14-19)33-26-31-18-24(27(28,29)30)25(34-26)32-21-9-7-12-23(17-21)35-22-10-5-6-11-22/h7,9,12-18,22H,2-6,8,10-11H2,1H3,(H2,31,32,33,34). The zero-order valence-electron chi connectivity index (χ0n) is 19.9. The molecule has 0 radical (unpaired) electrons. The average Bonchev–Trinajstić information content (AvgIpc) is 3.33. The van der Waals surface area contributed by atoms with Crippen LogP contribution in [-0.2, 0) is 12.6 Å².